The van der Waals surface area contributed by atoms with Crippen LogP contribution in [0, 0.1) is 0 Å². The van der Waals surface area contributed by atoms with Crippen molar-refractivity contribution in [3.05, 3.63) is 28.8 Å². The van der Waals surface area contributed by atoms with Gasteiger partial charge in [0.2, 0.25) is 0 Å². The molecule has 0 fully saturated rings. The third kappa shape index (κ3) is 3.91. The van der Waals surface area contributed by atoms with Crippen LogP contribution in [-0.2, 0) is 4.74 Å². The Morgan fingerprint density at radius 1 is 1.59 bits per heavy atom. The van der Waals surface area contributed by atoms with Gasteiger partial charge in [-0.25, -0.2) is 0 Å². The second-order valence-corrected chi connectivity index (χ2v) is 4.24. The maximum atomic E-state index is 11.9. The van der Waals surface area contributed by atoms with Crippen LogP contribution in [0.5, 0.6) is 0 Å². The van der Waals surface area contributed by atoms with E-state index in [1.165, 1.54) is 0 Å². The number of nitrogen functional groups attached to an aromatic ring is 1. The van der Waals surface area contributed by atoms with Crippen LogP contribution in [0.15, 0.2) is 18.2 Å². The van der Waals surface area contributed by atoms with Crippen molar-refractivity contribution in [1.82, 2.24) is 5.32 Å². The molecule has 0 bridgehead atoms. The molecular formula is C12H17ClN2O2. The number of rotatable bonds is 5. The first-order chi connectivity index (χ1) is 8.06. The highest BCUT2D eigenvalue weighted by Crippen LogP contribution is 2.22. The Morgan fingerprint density at radius 3 is 2.94 bits per heavy atom. The maximum absolute atomic E-state index is 11.9. The Bertz CT molecular complexity index is 396. The highest BCUT2D eigenvalue weighted by atomic mass is 35.5. The van der Waals surface area contributed by atoms with Crippen molar-refractivity contribution in [2.24, 2.45) is 0 Å². The zero-order valence-corrected chi connectivity index (χ0v) is 10.8. The van der Waals surface area contributed by atoms with Gasteiger partial charge in [0.05, 0.1) is 16.3 Å². The fourth-order valence-corrected chi connectivity index (χ4v) is 1.61. The van der Waals surface area contributed by atoms with Crippen LogP contribution in [0.4, 0.5) is 5.69 Å². The Labute approximate surface area is 106 Å². The minimum atomic E-state index is -0.217. The summed E-state index contributed by atoms with van der Waals surface area (Å²) in [5.74, 6) is -0.217. The third-order valence-corrected chi connectivity index (χ3v) is 2.83. The summed E-state index contributed by atoms with van der Waals surface area (Å²) in [4.78, 5) is 11.9. The number of methoxy groups -OCH3 is 1. The predicted octanol–water partition coefficient (Wildman–Crippen LogP) is 2.08. The molecule has 1 rings (SSSR count). The first kappa shape index (κ1) is 13.8. The van der Waals surface area contributed by atoms with Crippen LogP contribution in [0.1, 0.15) is 23.7 Å². The van der Waals surface area contributed by atoms with Crippen molar-refractivity contribution >= 4 is 23.2 Å². The molecule has 5 heteroatoms. The summed E-state index contributed by atoms with van der Waals surface area (Å²) in [5.41, 5.74) is 6.44. The summed E-state index contributed by atoms with van der Waals surface area (Å²) < 4.78 is 4.95. The minimum absolute atomic E-state index is 0.0277. The Hall–Kier alpha value is -1.26. The number of benzene rings is 1. The van der Waals surface area contributed by atoms with E-state index in [1.807, 2.05) is 6.92 Å². The minimum Gasteiger partial charge on any atom is -0.398 e. The summed E-state index contributed by atoms with van der Waals surface area (Å²) >= 11 is 5.97. The van der Waals surface area contributed by atoms with Crippen molar-refractivity contribution < 1.29 is 9.53 Å². The fourth-order valence-electron chi connectivity index (χ4n) is 1.39. The van der Waals surface area contributed by atoms with Crippen LogP contribution >= 0.6 is 11.6 Å². The van der Waals surface area contributed by atoms with Gasteiger partial charge in [-0.15, -0.1) is 0 Å². The number of carbonyl (C=O) groups excluding carboxylic acids is 1. The lowest BCUT2D eigenvalue weighted by atomic mass is 10.1. The van der Waals surface area contributed by atoms with Gasteiger partial charge in [-0.1, -0.05) is 17.7 Å². The number of nitrogens with two attached hydrogens (primary N) is 1. The van der Waals surface area contributed by atoms with E-state index in [0.29, 0.717) is 22.9 Å². The zero-order valence-electron chi connectivity index (χ0n) is 10.00. The first-order valence-corrected chi connectivity index (χ1v) is 5.77. The SMILES string of the molecule is COCCC(C)NC(=O)c1cccc(N)c1Cl. The molecule has 94 valence electrons. The van der Waals surface area contributed by atoms with Gasteiger partial charge in [0.15, 0.2) is 0 Å². The first-order valence-electron chi connectivity index (χ1n) is 5.40. The molecule has 0 aliphatic heterocycles. The molecule has 1 unspecified atom stereocenters. The van der Waals surface area contributed by atoms with Gasteiger partial charge in [0.25, 0.3) is 5.91 Å². The largest absolute Gasteiger partial charge is 0.398 e. The van der Waals surface area contributed by atoms with E-state index in [-0.39, 0.29) is 11.9 Å². The smallest absolute Gasteiger partial charge is 0.253 e. The van der Waals surface area contributed by atoms with E-state index in [4.69, 9.17) is 22.1 Å². The van der Waals surface area contributed by atoms with Crippen LogP contribution in [0.2, 0.25) is 5.02 Å². The molecule has 0 saturated carbocycles. The van der Waals surface area contributed by atoms with E-state index < -0.39 is 0 Å². The van der Waals surface area contributed by atoms with Crippen LogP contribution < -0.4 is 11.1 Å². The van der Waals surface area contributed by atoms with Crippen molar-refractivity contribution in [3.63, 3.8) is 0 Å². The Morgan fingerprint density at radius 2 is 2.29 bits per heavy atom. The normalized spacial score (nSPS) is 12.2. The fraction of sp³-hybridized carbons (Fsp3) is 0.417. The molecule has 0 aromatic heterocycles. The van der Waals surface area contributed by atoms with E-state index in [2.05, 4.69) is 5.32 Å². The number of amides is 1. The third-order valence-electron chi connectivity index (χ3n) is 2.41. The maximum Gasteiger partial charge on any atom is 0.253 e. The lowest BCUT2D eigenvalue weighted by Crippen LogP contribution is -2.33. The summed E-state index contributed by atoms with van der Waals surface area (Å²) in [7, 11) is 1.63. The molecule has 0 aliphatic carbocycles. The molecule has 0 spiro atoms. The second-order valence-electron chi connectivity index (χ2n) is 3.86. The molecule has 1 aromatic rings. The number of nitrogens with one attached hydrogen (secondary N) is 1. The molecule has 1 amide bonds. The van der Waals surface area contributed by atoms with Gasteiger partial charge in [-0.05, 0) is 25.5 Å². The topological polar surface area (TPSA) is 64.3 Å². The highest BCUT2D eigenvalue weighted by Gasteiger charge is 2.14. The van der Waals surface area contributed by atoms with Crippen molar-refractivity contribution in [1.29, 1.82) is 0 Å². The van der Waals surface area contributed by atoms with Gasteiger partial charge in [0, 0.05) is 19.8 Å². The van der Waals surface area contributed by atoms with Crippen molar-refractivity contribution in [2.45, 2.75) is 19.4 Å². The number of hydrogen-bond acceptors (Lipinski definition) is 3. The summed E-state index contributed by atoms with van der Waals surface area (Å²) in [5, 5.41) is 3.14. The van der Waals surface area contributed by atoms with Gasteiger partial charge in [0.1, 0.15) is 0 Å². The molecule has 0 saturated heterocycles. The lowest BCUT2D eigenvalue weighted by Gasteiger charge is -2.14. The van der Waals surface area contributed by atoms with E-state index in [1.54, 1.807) is 25.3 Å². The number of carbonyl (C=O) groups is 1. The monoisotopic (exact) mass is 256 g/mol. The number of anilines is 1. The van der Waals surface area contributed by atoms with Gasteiger partial charge in [-0.2, -0.15) is 0 Å². The quantitative estimate of drug-likeness (QED) is 0.793. The van der Waals surface area contributed by atoms with Crippen LogP contribution in [0.3, 0.4) is 0 Å². The average Bonchev–Trinajstić information content (AvgIpc) is 2.29. The molecule has 1 atom stereocenters. The standard InChI is InChI=1S/C12H17ClN2O2/c1-8(6-7-17-2)15-12(16)9-4-3-5-10(14)11(9)13/h3-5,8H,6-7,14H2,1-2H3,(H,15,16). The molecule has 3 N–H and O–H groups in total. The molecule has 0 aliphatic rings. The summed E-state index contributed by atoms with van der Waals surface area (Å²) in [6, 6.07) is 5.04. The average molecular weight is 257 g/mol. The summed E-state index contributed by atoms with van der Waals surface area (Å²) in [6.45, 7) is 2.52. The number of halogens is 1. The molecule has 0 heterocycles. The number of hydrogen-bond donors (Lipinski definition) is 2. The second kappa shape index (κ2) is 6.47. The van der Waals surface area contributed by atoms with Crippen LogP contribution in [0.25, 0.3) is 0 Å². The molecule has 1 aromatic carbocycles. The van der Waals surface area contributed by atoms with Gasteiger partial charge >= 0.3 is 0 Å². The van der Waals surface area contributed by atoms with Gasteiger partial charge in [-0.3, -0.25) is 4.79 Å². The van der Waals surface area contributed by atoms with Crippen molar-refractivity contribution in [2.75, 3.05) is 19.5 Å². The molecule has 17 heavy (non-hydrogen) atoms. The predicted molar refractivity (Wildman–Crippen MR) is 69.3 cm³/mol. The Balaban J connectivity index is 2.67. The highest BCUT2D eigenvalue weighted by molar-refractivity contribution is 6.36. The molecule has 0 radical (unpaired) electrons. The van der Waals surface area contributed by atoms with Crippen LogP contribution in [-0.4, -0.2) is 25.7 Å². The van der Waals surface area contributed by atoms with E-state index >= 15 is 0 Å². The van der Waals surface area contributed by atoms with E-state index in [0.717, 1.165) is 6.42 Å². The summed E-state index contributed by atoms with van der Waals surface area (Å²) in [6.07, 6.45) is 0.752. The van der Waals surface area contributed by atoms with Gasteiger partial charge < -0.3 is 15.8 Å². The van der Waals surface area contributed by atoms with Crippen molar-refractivity contribution in [3.8, 4) is 0 Å². The number of ether oxygens (including phenoxy) is 1. The Kier molecular flexibility index (Phi) is 5.25. The molecule has 4 nitrogen and oxygen atoms in total. The lowest BCUT2D eigenvalue weighted by molar-refractivity contribution is 0.0930. The molecular weight excluding hydrogens is 240 g/mol. The zero-order chi connectivity index (χ0) is 12.8. The van der Waals surface area contributed by atoms with E-state index in [9.17, 15) is 4.79 Å².